The van der Waals surface area contributed by atoms with Crippen LogP contribution in [0.1, 0.15) is 17.3 Å². The van der Waals surface area contributed by atoms with Gasteiger partial charge < -0.3 is 9.47 Å². The minimum Gasteiger partial charge on any atom is -0.496 e. The molecule has 5 heteroatoms. The normalized spacial score (nSPS) is 9.53. The Hall–Kier alpha value is -1.75. The topological polar surface area (TPSA) is 73.6 Å². The zero-order valence-corrected chi connectivity index (χ0v) is 8.74. The van der Waals surface area contributed by atoms with Crippen molar-refractivity contribution in [2.45, 2.75) is 6.92 Å². The van der Waals surface area contributed by atoms with E-state index in [-0.39, 0.29) is 0 Å². The maximum absolute atomic E-state index is 11.3. The fourth-order valence-corrected chi connectivity index (χ4v) is 1.19. The van der Waals surface area contributed by atoms with Gasteiger partial charge in [-0.2, -0.15) is 0 Å². The Labute approximate surface area is 88.1 Å². The highest BCUT2D eigenvalue weighted by molar-refractivity contribution is 5.96. The lowest BCUT2D eigenvalue weighted by molar-refractivity contribution is 0.0950. The van der Waals surface area contributed by atoms with Crippen LogP contribution in [0.2, 0.25) is 0 Å². The summed E-state index contributed by atoms with van der Waals surface area (Å²) in [5.41, 5.74) is 2.43. The molecule has 1 aromatic carbocycles. The predicted molar refractivity (Wildman–Crippen MR) is 55.8 cm³/mol. The Morgan fingerprint density at radius 3 is 2.80 bits per heavy atom. The summed E-state index contributed by atoms with van der Waals surface area (Å²) in [6.45, 7) is 2.44. The number of hydrogen-bond acceptors (Lipinski definition) is 4. The lowest BCUT2D eigenvalue weighted by Crippen LogP contribution is -2.30. The van der Waals surface area contributed by atoms with Crippen LogP contribution in [-0.2, 0) is 0 Å². The average molecular weight is 210 g/mol. The van der Waals surface area contributed by atoms with Crippen molar-refractivity contribution in [1.82, 2.24) is 5.43 Å². The van der Waals surface area contributed by atoms with E-state index in [0.717, 1.165) is 0 Å². The Kier molecular flexibility index (Phi) is 3.93. The summed E-state index contributed by atoms with van der Waals surface area (Å²) >= 11 is 0. The molecule has 0 aliphatic carbocycles. The van der Waals surface area contributed by atoms with Gasteiger partial charge in [0.15, 0.2) is 0 Å². The van der Waals surface area contributed by atoms with Crippen molar-refractivity contribution in [1.29, 1.82) is 0 Å². The zero-order valence-electron chi connectivity index (χ0n) is 8.74. The third kappa shape index (κ3) is 2.60. The predicted octanol–water partition coefficient (Wildman–Crippen LogP) is 0.697. The molecule has 82 valence electrons. The largest absolute Gasteiger partial charge is 0.496 e. The first kappa shape index (κ1) is 11.3. The quantitative estimate of drug-likeness (QED) is 0.436. The van der Waals surface area contributed by atoms with Crippen LogP contribution in [-0.4, -0.2) is 19.6 Å². The molecule has 0 fully saturated rings. The van der Waals surface area contributed by atoms with E-state index in [0.29, 0.717) is 23.7 Å². The number of rotatable bonds is 4. The average Bonchev–Trinajstić information content (AvgIpc) is 2.28. The summed E-state index contributed by atoms with van der Waals surface area (Å²) in [6.07, 6.45) is 0. The molecule has 0 unspecified atom stereocenters. The number of carbonyl (C=O) groups is 1. The maximum Gasteiger partial charge on any atom is 0.268 e. The van der Waals surface area contributed by atoms with Crippen LogP contribution in [0.3, 0.4) is 0 Å². The minimum absolute atomic E-state index is 0.378. The molecule has 1 amide bonds. The molecule has 0 saturated heterocycles. The molecule has 0 aliphatic rings. The molecule has 0 spiro atoms. The van der Waals surface area contributed by atoms with Crippen molar-refractivity contribution in [2.75, 3.05) is 13.7 Å². The van der Waals surface area contributed by atoms with Gasteiger partial charge in [-0.1, -0.05) is 0 Å². The van der Waals surface area contributed by atoms with Crippen LogP contribution >= 0.6 is 0 Å². The maximum atomic E-state index is 11.3. The summed E-state index contributed by atoms with van der Waals surface area (Å²) in [5.74, 6) is 5.73. The lowest BCUT2D eigenvalue weighted by Gasteiger charge is -2.09. The van der Waals surface area contributed by atoms with Crippen molar-refractivity contribution in [3.63, 3.8) is 0 Å². The standard InChI is InChI=1S/C10H14N2O3/c1-3-15-7-4-5-8(10(13)12-11)9(6-7)14-2/h4-6H,3,11H2,1-2H3,(H,12,13). The van der Waals surface area contributed by atoms with Gasteiger partial charge in [0.1, 0.15) is 11.5 Å². The first-order valence-electron chi connectivity index (χ1n) is 4.54. The molecule has 0 saturated carbocycles. The van der Waals surface area contributed by atoms with Gasteiger partial charge in [-0.25, -0.2) is 5.84 Å². The molecule has 0 heterocycles. The number of carbonyl (C=O) groups excluding carboxylic acids is 1. The Balaban J connectivity index is 3.03. The summed E-state index contributed by atoms with van der Waals surface area (Å²) in [7, 11) is 1.48. The molecule has 0 bridgehead atoms. The monoisotopic (exact) mass is 210 g/mol. The number of hydrogen-bond donors (Lipinski definition) is 2. The highest BCUT2D eigenvalue weighted by Gasteiger charge is 2.11. The molecule has 1 rings (SSSR count). The van der Waals surface area contributed by atoms with Crippen LogP contribution in [0.5, 0.6) is 11.5 Å². The van der Waals surface area contributed by atoms with Gasteiger partial charge in [-0.05, 0) is 19.1 Å². The molecular weight excluding hydrogens is 196 g/mol. The van der Waals surface area contributed by atoms with E-state index in [1.807, 2.05) is 12.3 Å². The number of nitrogens with one attached hydrogen (secondary N) is 1. The fraction of sp³-hybridized carbons (Fsp3) is 0.300. The van der Waals surface area contributed by atoms with E-state index < -0.39 is 5.91 Å². The van der Waals surface area contributed by atoms with Crippen LogP contribution in [0.4, 0.5) is 0 Å². The first-order valence-corrected chi connectivity index (χ1v) is 4.54. The van der Waals surface area contributed by atoms with Gasteiger partial charge in [-0.15, -0.1) is 0 Å². The molecule has 0 atom stereocenters. The highest BCUT2D eigenvalue weighted by Crippen LogP contribution is 2.24. The SMILES string of the molecule is CCOc1ccc(C(=O)NN)c(OC)c1. The van der Waals surface area contributed by atoms with E-state index in [1.165, 1.54) is 7.11 Å². The third-order valence-corrected chi connectivity index (χ3v) is 1.86. The summed E-state index contributed by atoms with van der Waals surface area (Å²) < 4.78 is 10.3. The fourth-order valence-electron chi connectivity index (χ4n) is 1.19. The smallest absolute Gasteiger partial charge is 0.268 e. The van der Waals surface area contributed by atoms with Crippen LogP contribution < -0.4 is 20.7 Å². The zero-order chi connectivity index (χ0) is 11.3. The molecule has 0 aromatic heterocycles. The Bertz CT molecular complexity index is 353. The number of amides is 1. The van der Waals surface area contributed by atoms with Crippen LogP contribution in [0, 0.1) is 0 Å². The first-order chi connectivity index (χ1) is 7.22. The van der Waals surface area contributed by atoms with Crippen molar-refractivity contribution in [2.24, 2.45) is 5.84 Å². The minimum atomic E-state index is -0.394. The van der Waals surface area contributed by atoms with Gasteiger partial charge in [-0.3, -0.25) is 10.2 Å². The number of nitrogen functional groups attached to an aromatic ring is 1. The van der Waals surface area contributed by atoms with Gasteiger partial charge >= 0.3 is 0 Å². The second kappa shape index (κ2) is 5.21. The molecule has 15 heavy (non-hydrogen) atoms. The second-order valence-electron chi connectivity index (χ2n) is 2.77. The van der Waals surface area contributed by atoms with Crippen molar-refractivity contribution < 1.29 is 14.3 Å². The number of benzene rings is 1. The third-order valence-electron chi connectivity index (χ3n) is 1.86. The summed E-state index contributed by atoms with van der Waals surface area (Å²) in [4.78, 5) is 11.3. The molecule has 3 N–H and O–H groups in total. The second-order valence-corrected chi connectivity index (χ2v) is 2.77. The van der Waals surface area contributed by atoms with Gasteiger partial charge in [0.2, 0.25) is 0 Å². The Morgan fingerprint density at radius 1 is 1.53 bits per heavy atom. The number of hydrazine groups is 1. The van der Waals surface area contributed by atoms with E-state index in [1.54, 1.807) is 18.2 Å². The van der Waals surface area contributed by atoms with Crippen molar-refractivity contribution in [3.8, 4) is 11.5 Å². The molecule has 0 aliphatic heterocycles. The lowest BCUT2D eigenvalue weighted by atomic mass is 10.2. The van der Waals surface area contributed by atoms with Gasteiger partial charge in [0.05, 0.1) is 19.3 Å². The van der Waals surface area contributed by atoms with Crippen LogP contribution in [0.25, 0.3) is 0 Å². The van der Waals surface area contributed by atoms with Crippen molar-refractivity contribution in [3.05, 3.63) is 23.8 Å². The molecule has 5 nitrogen and oxygen atoms in total. The summed E-state index contributed by atoms with van der Waals surface area (Å²) in [5, 5.41) is 0. The van der Waals surface area contributed by atoms with Crippen LogP contribution in [0.15, 0.2) is 18.2 Å². The number of nitrogens with two attached hydrogens (primary N) is 1. The number of methoxy groups -OCH3 is 1. The highest BCUT2D eigenvalue weighted by atomic mass is 16.5. The van der Waals surface area contributed by atoms with E-state index in [2.05, 4.69) is 0 Å². The number of ether oxygens (including phenoxy) is 2. The molecular formula is C10H14N2O3. The Morgan fingerprint density at radius 2 is 2.27 bits per heavy atom. The van der Waals surface area contributed by atoms with Gasteiger partial charge in [0, 0.05) is 6.07 Å². The van der Waals surface area contributed by atoms with E-state index >= 15 is 0 Å². The van der Waals surface area contributed by atoms with Gasteiger partial charge in [0.25, 0.3) is 5.91 Å². The molecule has 1 aromatic rings. The van der Waals surface area contributed by atoms with E-state index in [9.17, 15) is 4.79 Å². The molecule has 0 radical (unpaired) electrons. The van der Waals surface area contributed by atoms with Crippen molar-refractivity contribution >= 4 is 5.91 Å². The van der Waals surface area contributed by atoms with E-state index in [4.69, 9.17) is 15.3 Å². The summed E-state index contributed by atoms with van der Waals surface area (Å²) in [6, 6.07) is 4.94.